The first-order valence-electron chi connectivity index (χ1n) is 5.90. The summed E-state index contributed by atoms with van der Waals surface area (Å²) in [4.78, 5) is 22.8. The molecular weight excluding hydrogens is 246 g/mol. The Hall–Kier alpha value is -2.24. The fraction of sp³-hybridized carbons (Fsp3) is 0.385. The summed E-state index contributed by atoms with van der Waals surface area (Å²) in [6.07, 6.45) is 0. The second-order valence-corrected chi connectivity index (χ2v) is 4.56. The molecule has 1 rings (SSSR count). The minimum atomic E-state index is -0.554. The highest BCUT2D eigenvalue weighted by atomic mass is 16.5. The van der Waals surface area contributed by atoms with E-state index in [1.807, 2.05) is 13.8 Å². The second-order valence-electron chi connectivity index (χ2n) is 4.56. The van der Waals surface area contributed by atoms with Gasteiger partial charge in [-0.3, -0.25) is 4.79 Å². The Morgan fingerprint density at radius 2 is 1.95 bits per heavy atom. The maximum atomic E-state index is 11.7. The van der Waals surface area contributed by atoms with Gasteiger partial charge in [-0.1, -0.05) is 13.8 Å². The molecule has 0 aliphatic heterocycles. The average molecular weight is 265 g/mol. The summed E-state index contributed by atoms with van der Waals surface area (Å²) in [5, 5.41) is 2.99. The summed E-state index contributed by atoms with van der Waals surface area (Å²) in [5.41, 5.74) is 12.3. The van der Waals surface area contributed by atoms with Crippen molar-refractivity contribution in [2.75, 3.05) is 18.2 Å². The quantitative estimate of drug-likeness (QED) is 0.543. The van der Waals surface area contributed by atoms with Crippen LogP contribution in [0.2, 0.25) is 0 Å². The molecule has 104 valence electrons. The van der Waals surface area contributed by atoms with Crippen LogP contribution in [0.5, 0.6) is 0 Å². The van der Waals surface area contributed by atoms with Gasteiger partial charge in [0.1, 0.15) is 6.04 Å². The van der Waals surface area contributed by atoms with Crippen LogP contribution in [0.25, 0.3) is 0 Å². The smallest absolute Gasteiger partial charge is 0.328 e. The number of hydrogen-bond acceptors (Lipinski definition) is 5. The number of esters is 1. The van der Waals surface area contributed by atoms with Gasteiger partial charge >= 0.3 is 5.97 Å². The summed E-state index contributed by atoms with van der Waals surface area (Å²) in [6, 6.07) is 4.08. The highest BCUT2D eigenvalue weighted by Gasteiger charge is 2.23. The van der Waals surface area contributed by atoms with Crippen LogP contribution in [0.15, 0.2) is 18.2 Å². The maximum Gasteiger partial charge on any atom is 0.328 e. The van der Waals surface area contributed by atoms with E-state index in [-0.39, 0.29) is 11.9 Å². The molecule has 0 saturated heterocycles. The summed E-state index contributed by atoms with van der Waals surface area (Å²) in [6.45, 7) is 3.76. The van der Waals surface area contributed by atoms with E-state index < -0.39 is 11.9 Å². The summed E-state index contributed by atoms with van der Waals surface area (Å²) < 4.78 is 4.73. The predicted octanol–water partition coefficient (Wildman–Crippen LogP) is 0.977. The van der Waals surface area contributed by atoms with Gasteiger partial charge in [-0.05, 0) is 24.1 Å². The van der Waals surface area contributed by atoms with Gasteiger partial charge < -0.3 is 21.5 Å². The van der Waals surface area contributed by atoms with Gasteiger partial charge in [0.15, 0.2) is 0 Å². The Balaban J connectivity index is 3.05. The van der Waals surface area contributed by atoms with Gasteiger partial charge in [0, 0.05) is 5.56 Å². The number of ether oxygens (including phenoxy) is 1. The van der Waals surface area contributed by atoms with Crippen molar-refractivity contribution in [3.63, 3.8) is 0 Å². The molecule has 1 amide bonds. The van der Waals surface area contributed by atoms with E-state index in [1.54, 1.807) is 6.07 Å². The Labute approximate surface area is 112 Å². The van der Waals surface area contributed by atoms with E-state index in [4.69, 9.17) is 16.2 Å². The van der Waals surface area contributed by atoms with Gasteiger partial charge in [0.25, 0.3) is 0 Å². The van der Waals surface area contributed by atoms with Gasteiger partial charge in [0.2, 0.25) is 5.91 Å². The van der Waals surface area contributed by atoms with E-state index in [9.17, 15) is 9.59 Å². The lowest BCUT2D eigenvalue weighted by molar-refractivity contribution is -0.142. The van der Waals surface area contributed by atoms with Crippen LogP contribution in [-0.2, 0) is 9.53 Å². The van der Waals surface area contributed by atoms with Crippen molar-refractivity contribution in [1.29, 1.82) is 0 Å². The fourth-order valence-electron chi connectivity index (χ4n) is 1.63. The van der Waals surface area contributed by atoms with E-state index in [0.29, 0.717) is 16.9 Å². The standard InChI is InChI=1S/C13H19N3O3/c1-7(2)11(13(18)19-3)16-10-6-8(12(15)17)4-5-9(10)14/h4-7,11,16H,14H2,1-3H3,(H2,15,17). The van der Waals surface area contributed by atoms with Crippen LogP contribution in [0, 0.1) is 5.92 Å². The molecule has 0 aromatic heterocycles. The maximum absolute atomic E-state index is 11.7. The van der Waals surface area contributed by atoms with Gasteiger partial charge in [-0.15, -0.1) is 0 Å². The number of carbonyl (C=O) groups excluding carboxylic acids is 2. The van der Waals surface area contributed by atoms with Gasteiger partial charge in [-0.2, -0.15) is 0 Å². The molecule has 5 N–H and O–H groups in total. The fourth-order valence-corrected chi connectivity index (χ4v) is 1.63. The Bertz CT molecular complexity index is 486. The molecule has 0 aliphatic carbocycles. The van der Waals surface area contributed by atoms with Crippen LogP contribution in [0.4, 0.5) is 11.4 Å². The molecule has 6 heteroatoms. The Morgan fingerprint density at radius 3 is 2.42 bits per heavy atom. The third-order valence-corrected chi connectivity index (χ3v) is 2.77. The van der Waals surface area contributed by atoms with Crippen molar-refractivity contribution < 1.29 is 14.3 Å². The first-order chi connectivity index (χ1) is 8.86. The number of hydrogen-bond donors (Lipinski definition) is 3. The van der Waals surface area contributed by atoms with Crippen molar-refractivity contribution in [3.05, 3.63) is 23.8 Å². The lowest BCUT2D eigenvalue weighted by atomic mass is 10.0. The number of methoxy groups -OCH3 is 1. The van der Waals surface area contributed by atoms with Crippen LogP contribution < -0.4 is 16.8 Å². The van der Waals surface area contributed by atoms with Crippen LogP contribution in [0.3, 0.4) is 0 Å². The van der Waals surface area contributed by atoms with Crippen molar-refractivity contribution in [2.45, 2.75) is 19.9 Å². The molecule has 0 spiro atoms. The number of carbonyl (C=O) groups is 2. The Morgan fingerprint density at radius 1 is 1.32 bits per heavy atom. The van der Waals surface area contributed by atoms with E-state index >= 15 is 0 Å². The van der Waals surface area contributed by atoms with Crippen molar-refractivity contribution in [3.8, 4) is 0 Å². The first kappa shape index (κ1) is 14.8. The normalized spacial score (nSPS) is 12.0. The molecule has 0 saturated carbocycles. The summed E-state index contributed by atoms with van der Waals surface area (Å²) >= 11 is 0. The minimum absolute atomic E-state index is 0.00378. The number of primary amides is 1. The number of benzene rings is 1. The molecule has 1 atom stereocenters. The first-order valence-corrected chi connectivity index (χ1v) is 5.90. The molecule has 0 bridgehead atoms. The van der Waals surface area contributed by atoms with E-state index in [0.717, 1.165) is 0 Å². The van der Waals surface area contributed by atoms with Gasteiger partial charge in [-0.25, -0.2) is 4.79 Å². The number of nitrogen functional groups attached to an aromatic ring is 1. The highest BCUT2D eigenvalue weighted by molar-refractivity contribution is 5.95. The van der Waals surface area contributed by atoms with Crippen molar-refractivity contribution in [2.24, 2.45) is 11.7 Å². The van der Waals surface area contributed by atoms with Crippen molar-refractivity contribution >= 4 is 23.3 Å². The third kappa shape index (κ3) is 3.61. The number of nitrogens with two attached hydrogens (primary N) is 2. The lowest BCUT2D eigenvalue weighted by Crippen LogP contribution is -2.35. The summed E-state index contributed by atoms with van der Waals surface area (Å²) in [5.74, 6) is -0.940. The van der Waals surface area contributed by atoms with E-state index in [1.165, 1.54) is 19.2 Å². The zero-order valence-corrected chi connectivity index (χ0v) is 11.3. The number of amides is 1. The van der Waals surface area contributed by atoms with E-state index in [2.05, 4.69) is 5.32 Å². The second kappa shape index (κ2) is 6.08. The molecule has 0 fully saturated rings. The molecule has 0 aliphatic rings. The third-order valence-electron chi connectivity index (χ3n) is 2.77. The minimum Gasteiger partial charge on any atom is -0.467 e. The van der Waals surface area contributed by atoms with Crippen molar-refractivity contribution in [1.82, 2.24) is 0 Å². The number of rotatable bonds is 5. The predicted molar refractivity (Wildman–Crippen MR) is 73.6 cm³/mol. The lowest BCUT2D eigenvalue weighted by Gasteiger charge is -2.22. The SMILES string of the molecule is COC(=O)C(Nc1cc(C(N)=O)ccc1N)C(C)C. The average Bonchev–Trinajstić information content (AvgIpc) is 2.36. The highest BCUT2D eigenvalue weighted by Crippen LogP contribution is 2.22. The molecule has 1 aromatic rings. The zero-order chi connectivity index (χ0) is 14.6. The molecule has 1 aromatic carbocycles. The van der Waals surface area contributed by atoms with Crippen LogP contribution in [0.1, 0.15) is 24.2 Å². The number of anilines is 2. The molecule has 1 unspecified atom stereocenters. The molecule has 0 heterocycles. The topological polar surface area (TPSA) is 107 Å². The number of nitrogens with one attached hydrogen (secondary N) is 1. The Kier molecular flexibility index (Phi) is 4.74. The molecule has 6 nitrogen and oxygen atoms in total. The van der Waals surface area contributed by atoms with Crippen LogP contribution in [-0.4, -0.2) is 25.0 Å². The zero-order valence-electron chi connectivity index (χ0n) is 11.3. The molecule has 19 heavy (non-hydrogen) atoms. The molecular formula is C13H19N3O3. The largest absolute Gasteiger partial charge is 0.467 e. The monoisotopic (exact) mass is 265 g/mol. The van der Waals surface area contributed by atoms with Crippen LogP contribution >= 0.6 is 0 Å². The molecule has 0 radical (unpaired) electrons. The van der Waals surface area contributed by atoms with Gasteiger partial charge in [0.05, 0.1) is 18.5 Å². The summed E-state index contributed by atoms with van der Waals surface area (Å²) in [7, 11) is 1.32.